The fourth-order valence-corrected chi connectivity index (χ4v) is 1.61. The third-order valence-corrected chi connectivity index (χ3v) is 2.53. The van der Waals surface area contributed by atoms with Crippen LogP contribution in [0.5, 0.6) is 0 Å². The number of para-hydroxylation sites is 1. The Morgan fingerprint density at radius 2 is 2.06 bits per heavy atom. The number of nitrogens with one attached hydrogen (secondary N) is 1. The predicted octanol–water partition coefficient (Wildman–Crippen LogP) is 2.23. The summed E-state index contributed by atoms with van der Waals surface area (Å²) in [5.41, 5.74) is 1.16. The van der Waals surface area contributed by atoms with E-state index in [9.17, 15) is 0 Å². The number of anilines is 1. The van der Waals surface area contributed by atoms with Gasteiger partial charge in [-0.3, -0.25) is 4.90 Å². The van der Waals surface area contributed by atoms with E-state index in [0.717, 1.165) is 38.5 Å². The maximum atomic E-state index is 5.09. The molecule has 94 valence electrons. The van der Waals surface area contributed by atoms with Crippen molar-refractivity contribution in [1.82, 2.24) is 4.90 Å². The molecule has 0 aliphatic carbocycles. The van der Waals surface area contributed by atoms with Gasteiger partial charge in [0.25, 0.3) is 0 Å². The minimum absolute atomic E-state index is 0.763. The van der Waals surface area contributed by atoms with Crippen molar-refractivity contribution in [2.75, 3.05) is 45.2 Å². The number of hydrogen-bond acceptors (Lipinski definition) is 3. The van der Waals surface area contributed by atoms with Crippen molar-refractivity contribution in [1.29, 1.82) is 0 Å². The zero-order valence-corrected chi connectivity index (χ0v) is 10.6. The Labute approximate surface area is 104 Å². The monoisotopic (exact) mass is 234 g/mol. The molecule has 0 atom stereocenters. The molecule has 0 saturated heterocycles. The second-order valence-corrected chi connectivity index (χ2v) is 3.87. The number of nitrogens with zero attached hydrogens (tertiary/aromatic N) is 1. The van der Waals surface area contributed by atoms with E-state index in [0.29, 0.717) is 0 Å². The molecule has 0 unspecified atom stereocenters. The number of rotatable bonds is 9. The standard InChI is InChI=1S/C14H22N2O/c1-3-10-16(12-13-17-2)11-9-15-14-7-5-4-6-8-14/h3-8,15H,1,9-13H2,2H3. The summed E-state index contributed by atoms with van der Waals surface area (Å²) in [6.45, 7) is 8.30. The van der Waals surface area contributed by atoms with Crippen molar-refractivity contribution in [2.45, 2.75) is 0 Å². The van der Waals surface area contributed by atoms with Gasteiger partial charge < -0.3 is 10.1 Å². The molecular weight excluding hydrogens is 212 g/mol. The van der Waals surface area contributed by atoms with Gasteiger partial charge in [-0.2, -0.15) is 0 Å². The van der Waals surface area contributed by atoms with Crippen molar-refractivity contribution in [2.24, 2.45) is 0 Å². The molecule has 0 fully saturated rings. The highest BCUT2D eigenvalue weighted by molar-refractivity contribution is 5.42. The van der Waals surface area contributed by atoms with E-state index in [1.54, 1.807) is 7.11 Å². The van der Waals surface area contributed by atoms with Crippen LogP contribution in [-0.2, 0) is 4.74 Å². The highest BCUT2D eigenvalue weighted by Crippen LogP contribution is 2.04. The Bertz CT molecular complexity index is 300. The molecule has 0 aliphatic heterocycles. The molecule has 1 rings (SSSR count). The fourth-order valence-electron chi connectivity index (χ4n) is 1.61. The zero-order valence-electron chi connectivity index (χ0n) is 10.6. The van der Waals surface area contributed by atoms with Gasteiger partial charge in [-0.05, 0) is 12.1 Å². The third kappa shape index (κ3) is 6.09. The highest BCUT2D eigenvalue weighted by atomic mass is 16.5. The maximum absolute atomic E-state index is 5.09. The van der Waals surface area contributed by atoms with E-state index in [4.69, 9.17) is 4.74 Å². The Morgan fingerprint density at radius 3 is 2.71 bits per heavy atom. The van der Waals surface area contributed by atoms with Crippen LogP contribution in [0.4, 0.5) is 5.69 Å². The molecule has 0 bridgehead atoms. The van der Waals surface area contributed by atoms with Gasteiger partial charge in [-0.15, -0.1) is 6.58 Å². The second kappa shape index (κ2) is 8.79. The largest absolute Gasteiger partial charge is 0.384 e. The Kier molecular flexibility index (Phi) is 7.11. The SMILES string of the molecule is C=CCN(CCNc1ccccc1)CCOC. The average molecular weight is 234 g/mol. The molecule has 0 spiro atoms. The summed E-state index contributed by atoms with van der Waals surface area (Å²) in [6.07, 6.45) is 1.93. The first-order chi connectivity index (χ1) is 8.36. The third-order valence-electron chi connectivity index (χ3n) is 2.53. The van der Waals surface area contributed by atoms with Crippen LogP contribution in [0.3, 0.4) is 0 Å². The van der Waals surface area contributed by atoms with Crippen molar-refractivity contribution < 1.29 is 4.74 Å². The first-order valence-corrected chi connectivity index (χ1v) is 5.98. The summed E-state index contributed by atoms with van der Waals surface area (Å²) in [5, 5.41) is 3.39. The molecule has 1 aromatic rings. The topological polar surface area (TPSA) is 24.5 Å². The van der Waals surface area contributed by atoms with Gasteiger partial charge in [-0.25, -0.2) is 0 Å². The van der Waals surface area contributed by atoms with Gasteiger partial charge in [0.05, 0.1) is 6.61 Å². The molecule has 1 N–H and O–H groups in total. The molecule has 0 radical (unpaired) electrons. The van der Waals surface area contributed by atoms with Gasteiger partial charge >= 0.3 is 0 Å². The first kappa shape index (κ1) is 13.7. The minimum Gasteiger partial charge on any atom is -0.384 e. The van der Waals surface area contributed by atoms with Gasteiger partial charge in [-0.1, -0.05) is 24.3 Å². The average Bonchev–Trinajstić information content (AvgIpc) is 2.37. The maximum Gasteiger partial charge on any atom is 0.0589 e. The van der Waals surface area contributed by atoms with Crippen LogP contribution in [0.25, 0.3) is 0 Å². The number of benzene rings is 1. The Morgan fingerprint density at radius 1 is 1.29 bits per heavy atom. The van der Waals surface area contributed by atoms with Crippen LogP contribution in [0.1, 0.15) is 0 Å². The van der Waals surface area contributed by atoms with Gasteiger partial charge in [0.1, 0.15) is 0 Å². The molecule has 0 amide bonds. The van der Waals surface area contributed by atoms with Crippen LogP contribution >= 0.6 is 0 Å². The summed E-state index contributed by atoms with van der Waals surface area (Å²) < 4.78 is 5.09. The normalized spacial score (nSPS) is 10.5. The molecule has 3 heteroatoms. The van der Waals surface area contributed by atoms with Crippen molar-refractivity contribution >= 4 is 5.69 Å². The zero-order chi connectivity index (χ0) is 12.3. The van der Waals surface area contributed by atoms with Crippen molar-refractivity contribution in [3.63, 3.8) is 0 Å². The molecular formula is C14H22N2O. The van der Waals surface area contributed by atoms with Gasteiger partial charge in [0, 0.05) is 39.0 Å². The van der Waals surface area contributed by atoms with Gasteiger partial charge in [0.15, 0.2) is 0 Å². The quantitative estimate of drug-likeness (QED) is 0.663. The lowest BCUT2D eigenvalue weighted by Gasteiger charge is -2.20. The van der Waals surface area contributed by atoms with E-state index in [1.165, 1.54) is 0 Å². The molecule has 17 heavy (non-hydrogen) atoms. The molecule has 0 aromatic heterocycles. The summed E-state index contributed by atoms with van der Waals surface area (Å²) >= 11 is 0. The Balaban J connectivity index is 2.24. The van der Waals surface area contributed by atoms with E-state index in [1.807, 2.05) is 24.3 Å². The minimum atomic E-state index is 0.763. The fraction of sp³-hybridized carbons (Fsp3) is 0.429. The number of ether oxygens (including phenoxy) is 1. The van der Waals surface area contributed by atoms with Crippen LogP contribution in [0.2, 0.25) is 0 Å². The lowest BCUT2D eigenvalue weighted by Crippen LogP contribution is -2.32. The van der Waals surface area contributed by atoms with E-state index in [-0.39, 0.29) is 0 Å². The summed E-state index contributed by atoms with van der Waals surface area (Å²) in [5.74, 6) is 0. The van der Waals surface area contributed by atoms with Crippen molar-refractivity contribution in [3.05, 3.63) is 43.0 Å². The summed E-state index contributed by atoms with van der Waals surface area (Å²) in [7, 11) is 1.73. The summed E-state index contributed by atoms with van der Waals surface area (Å²) in [6, 6.07) is 10.2. The van der Waals surface area contributed by atoms with Crippen LogP contribution in [0, 0.1) is 0 Å². The Hall–Kier alpha value is -1.32. The second-order valence-electron chi connectivity index (χ2n) is 3.87. The molecule has 0 aliphatic rings. The molecule has 0 saturated carbocycles. The van der Waals surface area contributed by atoms with Gasteiger partial charge in [0.2, 0.25) is 0 Å². The summed E-state index contributed by atoms with van der Waals surface area (Å²) in [4.78, 5) is 2.31. The highest BCUT2D eigenvalue weighted by Gasteiger charge is 2.01. The molecule has 1 aromatic carbocycles. The predicted molar refractivity (Wildman–Crippen MR) is 73.4 cm³/mol. The van der Waals surface area contributed by atoms with Crippen LogP contribution in [0.15, 0.2) is 43.0 Å². The first-order valence-electron chi connectivity index (χ1n) is 5.98. The van der Waals surface area contributed by atoms with Crippen LogP contribution < -0.4 is 5.32 Å². The van der Waals surface area contributed by atoms with E-state index < -0.39 is 0 Å². The molecule has 0 heterocycles. The van der Waals surface area contributed by atoms with Crippen molar-refractivity contribution in [3.8, 4) is 0 Å². The van der Waals surface area contributed by atoms with E-state index in [2.05, 4.69) is 28.9 Å². The van der Waals surface area contributed by atoms with Crippen LogP contribution in [-0.4, -0.2) is 44.8 Å². The lowest BCUT2D eigenvalue weighted by molar-refractivity contribution is 0.156. The number of methoxy groups -OCH3 is 1. The molecule has 3 nitrogen and oxygen atoms in total. The smallest absolute Gasteiger partial charge is 0.0589 e. The van der Waals surface area contributed by atoms with E-state index >= 15 is 0 Å². The number of hydrogen-bond donors (Lipinski definition) is 1. The lowest BCUT2D eigenvalue weighted by atomic mass is 10.3.